The largest absolute Gasteiger partial charge is 0.451 e. The Labute approximate surface area is 153 Å². The predicted molar refractivity (Wildman–Crippen MR) is 98.7 cm³/mol. The molecule has 140 valence electrons. The lowest BCUT2D eigenvalue weighted by atomic mass is 10.1. The minimum atomic E-state index is -3.50. The Morgan fingerprint density at radius 2 is 1.65 bits per heavy atom. The zero-order valence-corrected chi connectivity index (χ0v) is 15.8. The van der Waals surface area contributed by atoms with Gasteiger partial charge >= 0.3 is 0 Å². The smallest absolute Gasteiger partial charge is 0.289 e. The number of benzene rings is 1. The van der Waals surface area contributed by atoms with Crippen molar-refractivity contribution >= 4 is 26.9 Å². The fourth-order valence-corrected chi connectivity index (χ4v) is 5.43. The Bertz CT molecular complexity index is 936. The van der Waals surface area contributed by atoms with E-state index in [0.717, 1.165) is 45.2 Å². The third-order valence-electron chi connectivity index (χ3n) is 5.45. The van der Waals surface area contributed by atoms with Crippen LogP contribution < -0.4 is 0 Å². The fourth-order valence-electron chi connectivity index (χ4n) is 3.88. The van der Waals surface area contributed by atoms with E-state index in [1.807, 2.05) is 6.92 Å². The number of nitrogens with zero attached hydrogens (tertiary/aromatic N) is 2. The van der Waals surface area contributed by atoms with E-state index in [1.54, 1.807) is 27.4 Å². The molecule has 2 aromatic rings. The summed E-state index contributed by atoms with van der Waals surface area (Å²) in [5.74, 6) is 0.228. The molecular weight excluding hydrogens is 352 g/mol. The first kappa shape index (κ1) is 17.5. The van der Waals surface area contributed by atoms with Gasteiger partial charge in [0, 0.05) is 37.1 Å². The second-order valence-corrected chi connectivity index (χ2v) is 9.12. The molecule has 7 heteroatoms. The van der Waals surface area contributed by atoms with Gasteiger partial charge in [0.2, 0.25) is 10.0 Å². The molecule has 0 saturated carbocycles. The average molecular weight is 376 g/mol. The number of hydrogen-bond acceptors (Lipinski definition) is 4. The molecule has 2 fully saturated rings. The van der Waals surface area contributed by atoms with Crippen molar-refractivity contribution in [2.24, 2.45) is 0 Å². The van der Waals surface area contributed by atoms with Crippen LogP contribution in [-0.2, 0) is 10.0 Å². The summed E-state index contributed by atoms with van der Waals surface area (Å²) in [5, 5.41) is 0.700. The van der Waals surface area contributed by atoms with E-state index in [9.17, 15) is 13.2 Å². The van der Waals surface area contributed by atoms with Gasteiger partial charge in [0.15, 0.2) is 5.76 Å². The van der Waals surface area contributed by atoms with Gasteiger partial charge < -0.3 is 9.32 Å². The van der Waals surface area contributed by atoms with Crippen molar-refractivity contribution < 1.29 is 17.6 Å². The van der Waals surface area contributed by atoms with Crippen molar-refractivity contribution in [3.05, 3.63) is 29.5 Å². The summed E-state index contributed by atoms with van der Waals surface area (Å²) >= 11 is 0. The highest BCUT2D eigenvalue weighted by atomic mass is 32.2. The van der Waals surface area contributed by atoms with Crippen molar-refractivity contribution in [1.29, 1.82) is 0 Å². The van der Waals surface area contributed by atoms with Crippen LogP contribution in [-0.4, -0.2) is 49.7 Å². The number of hydrogen-bond donors (Lipinski definition) is 0. The molecule has 0 unspecified atom stereocenters. The van der Waals surface area contributed by atoms with Crippen molar-refractivity contribution in [1.82, 2.24) is 9.21 Å². The molecule has 1 aromatic carbocycles. The fraction of sp³-hybridized carbons (Fsp3) is 0.526. The molecule has 0 radical (unpaired) electrons. The molecule has 0 atom stereocenters. The maximum absolute atomic E-state index is 12.9. The Morgan fingerprint density at radius 3 is 2.35 bits per heavy atom. The van der Waals surface area contributed by atoms with Gasteiger partial charge in [-0.1, -0.05) is 6.42 Å². The van der Waals surface area contributed by atoms with Crippen LogP contribution in [0.5, 0.6) is 0 Å². The van der Waals surface area contributed by atoms with Crippen LogP contribution in [0.15, 0.2) is 27.5 Å². The molecule has 0 bridgehead atoms. The normalized spacial score (nSPS) is 19.3. The molecule has 26 heavy (non-hydrogen) atoms. The summed E-state index contributed by atoms with van der Waals surface area (Å²) in [6, 6.07) is 4.90. The minimum absolute atomic E-state index is 0.100. The SMILES string of the molecule is Cc1c(C(=O)N2CCCC2)oc2ccc(S(=O)(=O)N3CCCCC3)cc12. The number of rotatable bonds is 3. The molecule has 2 aliphatic heterocycles. The van der Waals surface area contributed by atoms with E-state index in [0.29, 0.717) is 35.4 Å². The van der Waals surface area contributed by atoms with E-state index < -0.39 is 10.0 Å². The molecular formula is C19H24N2O4S. The second-order valence-electron chi connectivity index (χ2n) is 7.18. The zero-order chi connectivity index (χ0) is 18.3. The molecule has 1 aromatic heterocycles. The second kappa shape index (κ2) is 6.70. The van der Waals surface area contributed by atoms with Gasteiger partial charge in [-0.2, -0.15) is 4.31 Å². The number of sulfonamides is 1. The van der Waals surface area contributed by atoms with Crippen LogP contribution in [0.4, 0.5) is 0 Å². The van der Waals surface area contributed by atoms with E-state index in [1.165, 1.54) is 0 Å². The lowest BCUT2D eigenvalue weighted by Gasteiger charge is -2.25. The summed E-state index contributed by atoms with van der Waals surface area (Å²) < 4.78 is 33.2. The number of aryl methyl sites for hydroxylation is 1. The summed E-state index contributed by atoms with van der Waals surface area (Å²) in [4.78, 5) is 14.7. The topological polar surface area (TPSA) is 70.8 Å². The third-order valence-corrected chi connectivity index (χ3v) is 7.34. The number of piperidine rings is 1. The molecule has 2 aliphatic rings. The van der Waals surface area contributed by atoms with Gasteiger partial charge in [-0.25, -0.2) is 8.42 Å². The highest BCUT2D eigenvalue weighted by molar-refractivity contribution is 7.89. The van der Waals surface area contributed by atoms with E-state index in [-0.39, 0.29) is 10.8 Å². The van der Waals surface area contributed by atoms with Crippen LogP contribution in [0.2, 0.25) is 0 Å². The first-order valence-corrected chi connectivity index (χ1v) is 10.7. The molecule has 0 aliphatic carbocycles. The summed E-state index contributed by atoms with van der Waals surface area (Å²) in [6.07, 6.45) is 4.92. The van der Waals surface area contributed by atoms with E-state index in [2.05, 4.69) is 0 Å². The zero-order valence-electron chi connectivity index (χ0n) is 15.0. The monoisotopic (exact) mass is 376 g/mol. The van der Waals surface area contributed by atoms with Crippen LogP contribution >= 0.6 is 0 Å². The van der Waals surface area contributed by atoms with Gasteiger partial charge in [-0.15, -0.1) is 0 Å². The molecule has 1 amide bonds. The summed E-state index contributed by atoms with van der Waals surface area (Å²) in [7, 11) is -3.50. The van der Waals surface area contributed by atoms with Crippen molar-refractivity contribution in [2.75, 3.05) is 26.2 Å². The minimum Gasteiger partial charge on any atom is -0.451 e. The first-order valence-electron chi connectivity index (χ1n) is 9.31. The Balaban J connectivity index is 1.71. The summed E-state index contributed by atoms with van der Waals surface area (Å²) in [6.45, 7) is 4.48. The number of carbonyl (C=O) groups is 1. The Morgan fingerprint density at radius 1 is 1.00 bits per heavy atom. The number of amides is 1. The van der Waals surface area contributed by atoms with Crippen molar-refractivity contribution in [2.45, 2.75) is 43.9 Å². The first-order chi connectivity index (χ1) is 12.5. The number of likely N-dealkylation sites (tertiary alicyclic amines) is 1. The standard InChI is InChI=1S/C19H24N2O4S/c1-14-16-13-15(26(23,24)21-11-3-2-4-12-21)7-8-17(16)25-18(14)19(22)20-9-5-6-10-20/h7-8,13H,2-6,9-12H2,1H3. The summed E-state index contributed by atoms with van der Waals surface area (Å²) in [5.41, 5.74) is 1.27. The van der Waals surface area contributed by atoms with Crippen LogP contribution in [0.25, 0.3) is 11.0 Å². The van der Waals surface area contributed by atoms with Gasteiger partial charge in [0.05, 0.1) is 4.90 Å². The average Bonchev–Trinajstić information content (AvgIpc) is 3.30. The van der Waals surface area contributed by atoms with Crippen LogP contribution in [0.1, 0.15) is 48.2 Å². The number of fused-ring (bicyclic) bond motifs is 1. The van der Waals surface area contributed by atoms with Crippen LogP contribution in [0, 0.1) is 6.92 Å². The highest BCUT2D eigenvalue weighted by Crippen LogP contribution is 2.30. The molecule has 0 N–H and O–H groups in total. The molecule has 3 heterocycles. The van der Waals surface area contributed by atoms with E-state index in [4.69, 9.17) is 4.42 Å². The predicted octanol–water partition coefficient (Wildman–Crippen LogP) is 3.15. The van der Waals surface area contributed by atoms with Gasteiger partial charge in [0.1, 0.15) is 5.58 Å². The Kier molecular flexibility index (Phi) is 4.52. The molecule has 2 saturated heterocycles. The Hall–Kier alpha value is -1.86. The maximum Gasteiger partial charge on any atom is 0.289 e. The quantitative estimate of drug-likeness (QED) is 0.825. The lowest BCUT2D eigenvalue weighted by Crippen LogP contribution is -2.35. The van der Waals surface area contributed by atoms with Crippen molar-refractivity contribution in [3.8, 4) is 0 Å². The number of carbonyl (C=O) groups excluding carboxylic acids is 1. The van der Waals surface area contributed by atoms with Crippen LogP contribution in [0.3, 0.4) is 0 Å². The number of furan rings is 1. The molecule has 0 spiro atoms. The highest BCUT2D eigenvalue weighted by Gasteiger charge is 2.29. The molecule has 6 nitrogen and oxygen atoms in total. The maximum atomic E-state index is 12.9. The van der Waals surface area contributed by atoms with Gasteiger partial charge in [-0.3, -0.25) is 4.79 Å². The van der Waals surface area contributed by atoms with Gasteiger partial charge in [-0.05, 0) is 50.8 Å². The lowest BCUT2D eigenvalue weighted by molar-refractivity contribution is 0.0762. The third kappa shape index (κ3) is 2.93. The van der Waals surface area contributed by atoms with Gasteiger partial charge in [0.25, 0.3) is 5.91 Å². The van der Waals surface area contributed by atoms with Crippen molar-refractivity contribution in [3.63, 3.8) is 0 Å². The molecule has 4 rings (SSSR count). The van der Waals surface area contributed by atoms with E-state index >= 15 is 0 Å².